The fraction of sp³-hybridized carbons (Fsp3) is 0.516. The first-order valence-corrected chi connectivity index (χ1v) is 17.0. The number of amides is 1. The van der Waals surface area contributed by atoms with Crippen molar-refractivity contribution in [3.05, 3.63) is 59.4 Å². The monoisotopic (exact) mass is 683 g/mol. The molecule has 2 aromatic heterocycles. The summed E-state index contributed by atoms with van der Waals surface area (Å²) in [4.78, 5) is 16.8. The van der Waals surface area contributed by atoms with E-state index in [1.54, 1.807) is 0 Å². The van der Waals surface area contributed by atoms with Crippen LogP contribution in [0.1, 0.15) is 69.2 Å². The molecule has 5 rings (SSSR count). The standard InChI is InChI=1S/C31H37ClF3N5O5S/c1-29(2)19-21(20-36-29)5-3-4-17-44-22-6-8-23(9-7-22)46(42,43)39-28(41)24-10-11-25(37-27(24)32)40-16-12-26(38-40)45-18-15-30(13-14-30)31(33,34)35/h6-12,16,21,36H,3-5,13-15,17-20H2,1-2H3,(H,39,41). The van der Waals surface area contributed by atoms with Crippen molar-refractivity contribution >= 4 is 27.5 Å². The van der Waals surface area contributed by atoms with Crippen LogP contribution in [0.5, 0.6) is 11.6 Å². The number of nitrogens with one attached hydrogen (secondary N) is 2. The number of aromatic nitrogens is 3. The molecule has 0 bridgehead atoms. The number of halogens is 4. The van der Waals surface area contributed by atoms with Crippen LogP contribution in [-0.4, -0.2) is 60.6 Å². The number of alkyl halides is 3. The van der Waals surface area contributed by atoms with Crippen LogP contribution in [0.4, 0.5) is 13.2 Å². The molecule has 2 N–H and O–H groups in total. The molecule has 1 saturated carbocycles. The summed E-state index contributed by atoms with van der Waals surface area (Å²) < 4.78 is 79.5. The Morgan fingerprint density at radius 1 is 1.09 bits per heavy atom. The van der Waals surface area contributed by atoms with E-state index in [1.807, 2.05) is 4.72 Å². The zero-order valence-corrected chi connectivity index (χ0v) is 27.1. The maximum absolute atomic E-state index is 13.1. The van der Waals surface area contributed by atoms with Gasteiger partial charge in [-0.05, 0) is 108 Å². The van der Waals surface area contributed by atoms with Crippen molar-refractivity contribution in [2.24, 2.45) is 11.3 Å². The van der Waals surface area contributed by atoms with Crippen molar-refractivity contribution < 1.29 is 35.9 Å². The average Bonchev–Trinajstić information content (AvgIpc) is 3.51. The molecule has 15 heteroatoms. The zero-order valence-electron chi connectivity index (χ0n) is 25.6. The molecule has 1 amide bonds. The second-order valence-electron chi connectivity index (χ2n) is 12.6. The largest absolute Gasteiger partial charge is 0.494 e. The Hall–Kier alpha value is -3.36. The molecule has 0 spiro atoms. The van der Waals surface area contributed by atoms with Gasteiger partial charge < -0.3 is 14.8 Å². The molecule has 250 valence electrons. The van der Waals surface area contributed by atoms with Crippen LogP contribution in [0.2, 0.25) is 5.15 Å². The first-order valence-electron chi connectivity index (χ1n) is 15.1. The molecule has 1 atom stereocenters. The molecule has 1 aromatic carbocycles. The molecule has 10 nitrogen and oxygen atoms in total. The number of hydrogen-bond donors (Lipinski definition) is 2. The molecule has 3 aromatic rings. The number of nitrogens with zero attached hydrogens (tertiary/aromatic N) is 3. The van der Waals surface area contributed by atoms with E-state index in [2.05, 4.69) is 29.2 Å². The molecule has 1 aliphatic heterocycles. The SMILES string of the molecule is CC1(C)CC(CCCCOc2ccc(S(=O)(=O)NC(=O)c3ccc(-n4ccc(OCCC5(C(F)(F)F)CC5)n4)nc3Cl)cc2)CN1. The van der Waals surface area contributed by atoms with Crippen molar-refractivity contribution in [1.82, 2.24) is 24.8 Å². The van der Waals surface area contributed by atoms with Gasteiger partial charge in [0.1, 0.15) is 10.9 Å². The highest BCUT2D eigenvalue weighted by Crippen LogP contribution is 2.59. The van der Waals surface area contributed by atoms with Crippen molar-refractivity contribution in [1.29, 1.82) is 0 Å². The Morgan fingerprint density at radius 3 is 2.46 bits per heavy atom. The molecule has 1 aliphatic carbocycles. The number of pyridine rings is 1. The predicted octanol–water partition coefficient (Wildman–Crippen LogP) is 6.09. The van der Waals surface area contributed by atoms with Gasteiger partial charge in [0.05, 0.1) is 29.1 Å². The minimum absolute atomic E-state index is 0.0944. The topological polar surface area (TPSA) is 124 Å². The van der Waals surface area contributed by atoms with Gasteiger partial charge in [-0.15, -0.1) is 5.10 Å². The highest BCUT2D eigenvalue weighted by atomic mass is 35.5. The lowest BCUT2D eigenvalue weighted by Gasteiger charge is -2.18. The first-order chi connectivity index (χ1) is 21.7. The van der Waals surface area contributed by atoms with E-state index in [0.717, 1.165) is 32.2 Å². The maximum atomic E-state index is 13.1. The molecular formula is C31H37ClF3N5O5S. The molecule has 3 heterocycles. The van der Waals surface area contributed by atoms with Gasteiger partial charge in [-0.3, -0.25) is 4.79 Å². The Kier molecular flexibility index (Phi) is 9.90. The highest BCUT2D eigenvalue weighted by molar-refractivity contribution is 7.90. The number of ether oxygens (including phenoxy) is 2. The maximum Gasteiger partial charge on any atom is 0.394 e. The Balaban J connectivity index is 1.09. The minimum atomic E-state index is -4.26. The summed E-state index contributed by atoms with van der Waals surface area (Å²) in [6.45, 7) is 5.84. The van der Waals surface area contributed by atoms with Crippen LogP contribution in [0, 0.1) is 11.3 Å². The minimum Gasteiger partial charge on any atom is -0.494 e. The fourth-order valence-electron chi connectivity index (χ4n) is 5.58. The second-order valence-corrected chi connectivity index (χ2v) is 14.6. The predicted molar refractivity (Wildman–Crippen MR) is 165 cm³/mol. The van der Waals surface area contributed by atoms with Crippen LogP contribution >= 0.6 is 11.6 Å². The summed E-state index contributed by atoms with van der Waals surface area (Å²) in [6, 6.07) is 9.92. The third kappa shape index (κ3) is 8.31. The van der Waals surface area contributed by atoms with Crippen LogP contribution in [-0.2, 0) is 10.0 Å². The van der Waals surface area contributed by atoms with Gasteiger partial charge in [-0.2, -0.15) is 13.2 Å². The zero-order chi connectivity index (χ0) is 33.2. The van der Waals surface area contributed by atoms with Gasteiger partial charge in [-0.25, -0.2) is 22.8 Å². The van der Waals surface area contributed by atoms with Gasteiger partial charge in [0, 0.05) is 17.8 Å². The fourth-order valence-corrected chi connectivity index (χ4v) is 6.78. The lowest BCUT2D eigenvalue weighted by molar-refractivity contribution is -0.190. The van der Waals surface area contributed by atoms with E-state index in [1.165, 1.54) is 53.3 Å². The van der Waals surface area contributed by atoms with E-state index < -0.39 is 27.5 Å². The molecule has 2 fully saturated rings. The summed E-state index contributed by atoms with van der Waals surface area (Å²) >= 11 is 6.21. The summed E-state index contributed by atoms with van der Waals surface area (Å²) in [5.41, 5.74) is -1.65. The molecule has 2 aliphatic rings. The van der Waals surface area contributed by atoms with Gasteiger partial charge in [0.25, 0.3) is 15.9 Å². The van der Waals surface area contributed by atoms with Crippen LogP contribution in [0.3, 0.4) is 0 Å². The number of carbonyl (C=O) groups is 1. The van der Waals surface area contributed by atoms with Crippen molar-refractivity contribution in [2.75, 3.05) is 19.8 Å². The molecule has 46 heavy (non-hydrogen) atoms. The molecular weight excluding hydrogens is 647 g/mol. The molecule has 0 radical (unpaired) electrons. The summed E-state index contributed by atoms with van der Waals surface area (Å²) in [7, 11) is -4.22. The molecule has 1 saturated heterocycles. The van der Waals surface area contributed by atoms with Crippen LogP contribution in [0.25, 0.3) is 5.82 Å². The van der Waals surface area contributed by atoms with E-state index in [9.17, 15) is 26.4 Å². The smallest absolute Gasteiger partial charge is 0.394 e. The normalized spacial score (nSPS) is 18.7. The van der Waals surface area contributed by atoms with E-state index in [0.29, 0.717) is 18.3 Å². The Labute approximate surface area is 271 Å². The second kappa shape index (κ2) is 13.4. The number of unbranched alkanes of at least 4 members (excludes halogenated alkanes) is 1. The average molecular weight is 684 g/mol. The van der Waals surface area contributed by atoms with Crippen molar-refractivity contribution in [3.8, 4) is 17.4 Å². The van der Waals surface area contributed by atoms with Gasteiger partial charge >= 0.3 is 6.18 Å². The number of hydrogen-bond acceptors (Lipinski definition) is 8. The third-order valence-electron chi connectivity index (χ3n) is 8.47. The highest BCUT2D eigenvalue weighted by Gasteiger charge is 2.62. The number of benzene rings is 1. The lowest BCUT2D eigenvalue weighted by atomic mass is 9.93. The Morgan fingerprint density at radius 2 is 1.83 bits per heavy atom. The van der Waals surface area contributed by atoms with Crippen molar-refractivity contribution in [3.63, 3.8) is 0 Å². The molecule has 1 unspecified atom stereocenters. The summed E-state index contributed by atoms with van der Waals surface area (Å²) in [5.74, 6) is 0.502. The van der Waals surface area contributed by atoms with Crippen LogP contribution < -0.4 is 19.5 Å². The number of sulfonamides is 1. The van der Waals surface area contributed by atoms with Crippen LogP contribution in [0.15, 0.2) is 53.6 Å². The number of rotatable bonds is 14. The summed E-state index contributed by atoms with van der Waals surface area (Å²) in [6.07, 6.45) is 1.48. The lowest BCUT2D eigenvalue weighted by Crippen LogP contribution is -2.31. The number of carbonyl (C=O) groups excluding carboxylic acids is 1. The van der Waals surface area contributed by atoms with Crippen molar-refractivity contribution in [2.45, 2.75) is 75.4 Å². The van der Waals surface area contributed by atoms with E-state index in [4.69, 9.17) is 21.1 Å². The van der Waals surface area contributed by atoms with Gasteiger partial charge in [0.2, 0.25) is 5.88 Å². The van der Waals surface area contributed by atoms with Gasteiger partial charge in [-0.1, -0.05) is 11.6 Å². The Bertz CT molecular complexity index is 1640. The third-order valence-corrected chi connectivity index (χ3v) is 10.1. The first kappa shape index (κ1) is 34.0. The summed E-state index contributed by atoms with van der Waals surface area (Å²) in [5, 5.41) is 7.39. The quantitative estimate of drug-likeness (QED) is 0.155. The van der Waals surface area contributed by atoms with Gasteiger partial charge in [0.15, 0.2) is 5.82 Å². The van der Waals surface area contributed by atoms with E-state index >= 15 is 0 Å². The van der Waals surface area contributed by atoms with E-state index in [-0.39, 0.29) is 58.7 Å².